The zero-order valence-electron chi connectivity index (χ0n) is 15.2. The van der Waals surface area contributed by atoms with Gasteiger partial charge in [0.05, 0.1) is 6.10 Å². The number of carbonyl (C=O) groups excluding carboxylic acids is 3. The van der Waals surface area contributed by atoms with Crippen LogP contribution in [0.15, 0.2) is 18.2 Å². The molecule has 1 saturated carbocycles. The van der Waals surface area contributed by atoms with E-state index in [1.807, 2.05) is 18.2 Å². The molecule has 0 aromatic heterocycles. The first-order valence-electron chi connectivity index (χ1n) is 9.71. The zero-order valence-corrected chi connectivity index (χ0v) is 15.2. The fourth-order valence-electron chi connectivity index (χ4n) is 4.34. The van der Waals surface area contributed by atoms with Crippen molar-refractivity contribution < 1.29 is 19.5 Å². The molecule has 4 rings (SSSR count). The first-order valence-corrected chi connectivity index (χ1v) is 9.71. The van der Waals surface area contributed by atoms with Crippen LogP contribution in [-0.4, -0.2) is 45.9 Å². The quantitative estimate of drug-likeness (QED) is 0.682. The van der Waals surface area contributed by atoms with E-state index in [2.05, 4.69) is 10.6 Å². The normalized spacial score (nSPS) is 28.3. The van der Waals surface area contributed by atoms with Crippen LogP contribution < -0.4 is 10.6 Å². The third-order valence-electron chi connectivity index (χ3n) is 5.89. The maximum atomic E-state index is 12.7. The van der Waals surface area contributed by atoms with Crippen molar-refractivity contribution in [2.75, 3.05) is 0 Å². The van der Waals surface area contributed by atoms with Gasteiger partial charge >= 0.3 is 0 Å². The number of nitrogens with zero attached hydrogens (tertiary/aromatic N) is 1. The van der Waals surface area contributed by atoms with Crippen molar-refractivity contribution in [1.29, 1.82) is 0 Å². The molecule has 1 aromatic carbocycles. The molecule has 144 valence electrons. The fourth-order valence-corrected chi connectivity index (χ4v) is 4.34. The lowest BCUT2D eigenvalue weighted by atomic mass is 9.92. The molecular formula is C20H25N3O4. The largest absolute Gasteiger partial charge is 0.392 e. The van der Waals surface area contributed by atoms with Gasteiger partial charge in [-0.3, -0.25) is 19.7 Å². The predicted molar refractivity (Wildman–Crippen MR) is 97.6 cm³/mol. The second kappa shape index (κ2) is 7.40. The molecule has 2 heterocycles. The van der Waals surface area contributed by atoms with Crippen LogP contribution in [0.4, 0.5) is 0 Å². The highest BCUT2D eigenvalue weighted by Crippen LogP contribution is 2.28. The number of aliphatic hydroxyl groups excluding tert-OH is 1. The Morgan fingerprint density at radius 3 is 2.74 bits per heavy atom. The maximum absolute atomic E-state index is 12.7. The van der Waals surface area contributed by atoms with E-state index in [-0.39, 0.29) is 36.3 Å². The SMILES string of the molecule is O=C1CCC(N2Cc3cc(CN[C@@H]4CCCC[C@H]4O)ccc3C2=O)C(=O)N1. The van der Waals surface area contributed by atoms with Crippen molar-refractivity contribution >= 4 is 17.7 Å². The number of hydrogen-bond acceptors (Lipinski definition) is 5. The van der Waals surface area contributed by atoms with E-state index in [0.29, 0.717) is 25.1 Å². The van der Waals surface area contributed by atoms with E-state index in [0.717, 1.165) is 36.8 Å². The second-order valence-electron chi connectivity index (χ2n) is 7.73. The number of imide groups is 1. The summed E-state index contributed by atoms with van der Waals surface area (Å²) in [6.45, 7) is 1.03. The van der Waals surface area contributed by atoms with Gasteiger partial charge in [-0.25, -0.2) is 0 Å². The Morgan fingerprint density at radius 1 is 1.15 bits per heavy atom. The molecule has 3 amide bonds. The van der Waals surface area contributed by atoms with Gasteiger partial charge in [0.25, 0.3) is 5.91 Å². The lowest BCUT2D eigenvalue weighted by Gasteiger charge is -2.29. The zero-order chi connectivity index (χ0) is 19.0. The Kier molecular flexibility index (Phi) is 4.97. The minimum atomic E-state index is -0.582. The minimum Gasteiger partial charge on any atom is -0.392 e. The molecule has 0 bridgehead atoms. The highest BCUT2D eigenvalue weighted by atomic mass is 16.3. The molecule has 3 atom stereocenters. The summed E-state index contributed by atoms with van der Waals surface area (Å²) in [7, 11) is 0. The van der Waals surface area contributed by atoms with Crippen LogP contribution in [0, 0.1) is 0 Å². The van der Waals surface area contributed by atoms with Gasteiger partial charge in [-0.2, -0.15) is 0 Å². The third-order valence-corrected chi connectivity index (χ3v) is 5.89. The van der Waals surface area contributed by atoms with Crippen LogP contribution in [-0.2, 0) is 22.7 Å². The number of aliphatic hydroxyl groups is 1. The number of nitrogens with one attached hydrogen (secondary N) is 2. The van der Waals surface area contributed by atoms with E-state index < -0.39 is 6.04 Å². The lowest BCUT2D eigenvalue weighted by molar-refractivity contribution is -0.136. The second-order valence-corrected chi connectivity index (χ2v) is 7.73. The number of carbonyl (C=O) groups is 3. The molecule has 3 N–H and O–H groups in total. The van der Waals surface area contributed by atoms with Gasteiger partial charge < -0.3 is 15.3 Å². The Balaban J connectivity index is 1.43. The molecule has 0 radical (unpaired) electrons. The first-order chi connectivity index (χ1) is 13.0. The summed E-state index contributed by atoms with van der Waals surface area (Å²) in [6.07, 6.45) is 4.38. The van der Waals surface area contributed by atoms with Gasteiger partial charge in [-0.1, -0.05) is 25.0 Å². The molecule has 1 saturated heterocycles. The number of hydrogen-bond donors (Lipinski definition) is 3. The summed E-state index contributed by atoms with van der Waals surface area (Å²) in [5.74, 6) is -0.819. The molecule has 27 heavy (non-hydrogen) atoms. The molecule has 2 fully saturated rings. The average Bonchev–Trinajstić information content (AvgIpc) is 2.97. The van der Waals surface area contributed by atoms with Crippen molar-refractivity contribution in [3.63, 3.8) is 0 Å². The Bertz CT molecular complexity index is 778. The van der Waals surface area contributed by atoms with Crippen LogP contribution in [0.25, 0.3) is 0 Å². The van der Waals surface area contributed by atoms with Crippen molar-refractivity contribution in [2.45, 2.75) is 69.8 Å². The van der Waals surface area contributed by atoms with Crippen molar-refractivity contribution in [2.24, 2.45) is 0 Å². The minimum absolute atomic E-state index is 0.119. The molecule has 1 aliphatic carbocycles. The monoisotopic (exact) mass is 371 g/mol. The van der Waals surface area contributed by atoms with Crippen LogP contribution in [0.2, 0.25) is 0 Å². The van der Waals surface area contributed by atoms with Gasteiger partial charge in [-0.15, -0.1) is 0 Å². The van der Waals surface area contributed by atoms with Crippen molar-refractivity contribution in [3.05, 3.63) is 34.9 Å². The maximum Gasteiger partial charge on any atom is 0.255 e. The van der Waals surface area contributed by atoms with Crippen molar-refractivity contribution in [3.8, 4) is 0 Å². The van der Waals surface area contributed by atoms with Crippen LogP contribution >= 0.6 is 0 Å². The average molecular weight is 371 g/mol. The van der Waals surface area contributed by atoms with Gasteiger partial charge in [0.15, 0.2) is 0 Å². The summed E-state index contributed by atoms with van der Waals surface area (Å²) < 4.78 is 0. The highest BCUT2D eigenvalue weighted by Gasteiger charge is 2.39. The number of fused-ring (bicyclic) bond motifs is 1. The highest BCUT2D eigenvalue weighted by molar-refractivity contribution is 6.05. The van der Waals surface area contributed by atoms with E-state index in [9.17, 15) is 19.5 Å². The molecule has 3 aliphatic rings. The van der Waals surface area contributed by atoms with Crippen LogP contribution in [0.1, 0.15) is 60.0 Å². The lowest BCUT2D eigenvalue weighted by Crippen LogP contribution is -2.52. The number of rotatable bonds is 4. The molecule has 1 unspecified atom stereocenters. The smallest absolute Gasteiger partial charge is 0.255 e. The van der Waals surface area contributed by atoms with E-state index in [1.54, 1.807) is 4.90 Å². The van der Waals surface area contributed by atoms with E-state index in [1.165, 1.54) is 0 Å². The number of piperidine rings is 1. The van der Waals surface area contributed by atoms with Gasteiger partial charge in [0.2, 0.25) is 11.8 Å². The fraction of sp³-hybridized carbons (Fsp3) is 0.550. The van der Waals surface area contributed by atoms with Gasteiger partial charge in [-0.05, 0) is 36.5 Å². The Morgan fingerprint density at radius 2 is 1.96 bits per heavy atom. The summed E-state index contributed by atoms with van der Waals surface area (Å²) in [4.78, 5) is 37.7. The molecule has 0 spiro atoms. The summed E-state index contributed by atoms with van der Waals surface area (Å²) >= 11 is 0. The standard InChI is InChI=1S/C20H25N3O4/c24-17-4-2-1-3-15(17)21-10-12-5-6-14-13(9-12)11-23(20(14)27)16-7-8-18(25)22-19(16)26/h5-6,9,15-17,21,24H,1-4,7-8,10-11H2,(H,22,25,26)/t15-,16?,17-/m1/s1. The third kappa shape index (κ3) is 3.61. The summed E-state index contributed by atoms with van der Waals surface area (Å²) in [6, 6.07) is 5.28. The molecule has 7 nitrogen and oxygen atoms in total. The first kappa shape index (κ1) is 18.1. The molecule has 7 heteroatoms. The Hall–Kier alpha value is -2.25. The predicted octanol–water partition coefficient (Wildman–Crippen LogP) is 0.841. The van der Waals surface area contributed by atoms with Crippen molar-refractivity contribution in [1.82, 2.24) is 15.5 Å². The van der Waals surface area contributed by atoms with Gasteiger partial charge in [0, 0.05) is 31.1 Å². The molecule has 1 aromatic rings. The number of benzene rings is 1. The molecular weight excluding hydrogens is 346 g/mol. The van der Waals surface area contributed by atoms with E-state index in [4.69, 9.17) is 0 Å². The van der Waals surface area contributed by atoms with E-state index >= 15 is 0 Å². The van der Waals surface area contributed by atoms with Crippen LogP contribution in [0.5, 0.6) is 0 Å². The number of amides is 3. The van der Waals surface area contributed by atoms with Crippen LogP contribution in [0.3, 0.4) is 0 Å². The summed E-state index contributed by atoms with van der Waals surface area (Å²) in [5.41, 5.74) is 2.60. The summed E-state index contributed by atoms with van der Waals surface area (Å²) in [5, 5.41) is 15.8. The van der Waals surface area contributed by atoms with Gasteiger partial charge in [0.1, 0.15) is 6.04 Å². The molecule has 2 aliphatic heterocycles. The topological polar surface area (TPSA) is 98.7 Å². The Labute approximate surface area is 158 Å².